The van der Waals surface area contributed by atoms with Gasteiger partial charge in [-0.25, -0.2) is 0 Å². The van der Waals surface area contributed by atoms with Crippen LogP contribution in [0.15, 0.2) is 40.9 Å². The normalized spacial score (nSPS) is 13.4. The van der Waals surface area contributed by atoms with Crippen LogP contribution in [0, 0.1) is 0 Å². The number of hydrogen-bond acceptors (Lipinski definition) is 2. The average molecular weight is 348 g/mol. The Morgan fingerprint density at radius 2 is 1.75 bits per heavy atom. The smallest absolute Gasteiger partial charge is 0.425 e. The number of nitrogens with two attached hydrogens (primary N) is 1. The summed E-state index contributed by atoms with van der Waals surface area (Å²) >= 11 is 3.34. The van der Waals surface area contributed by atoms with E-state index in [4.69, 9.17) is 10.5 Å². The first-order valence-electron chi connectivity index (χ1n) is 6.03. The van der Waals surface area contributed by atoms with Gasteiger partial charge in [0.1, 0.15) is 5.75 Å². The molecule has 0 fully saturated rings. The lowest BCUT2D eigenvalue weighted by molar-refractivity contribution is -0.196. The highest BCUT2D eigenvalue weighted by molar-refractivity contribution is 9.10. The first kappa shape index (κ1) is 15.1. The number of fused-ring (bicyclic) bond motifs is 1. The van der Waals surface area contributed by atoms with Gasteiger partial charge in [0.15, 0.2) is 6.10 Å². The predicted octanol–water partition coefficient (Wildman–Crippen LogP) is 4.26. The summed E-state index contributed by atoms with van der Waals surface area (Å²) < 4.78 is 44.3. The van der Waals surface area contributed by atoms with Crippen LogP contribution in [0.2, 0.25) is 0 Å². The SMILES string of the molecule is NCCC(Oc1ccc2cc(Br)ccc2c1)C(F)(F)F. The summed E-state index contributed by atoms with van der Waals surface area (Å²) in [6.07, 6.45) is -6.56. The van der Waals surface area contributed by atoms with Gasteiger partial charge in [-0.3, -0.25) is 0 Å². The fourth-order valence-electron chi connectivity index (χ4n) is 1.87. The van der Waals surface area contributed by atoms with E-state index < -0.39 is 12.3 Å². The van der Waals surface area contributed by atoms with Crippen LogP contribution in [0.25, 0.3) is 10.8 Å². The zero-order valence-corrected chi connectivity index (χ0v) is 12.0. The Bertz CT molecular complexity index is 600. The van der Waals surface area contributed by atoms with Crippen LogP contribution >= 0.6 is 15.9 Å². The highest BCUT2D eigenvalue weighted by Gasteiger charge is 2.41. The Hall–Kier alpha value is -1.27. The van der Waals surface area contributed by atoms with Crippen molar-refractivity contribution in [3.05, 3.63) is 40.9 Å². The molecule has 2 aromatic rings. The van der Waals surface area contributed by atoms with Crippen molar-refractivity contribution in [1.82, 2.24) is 0 Å². The summed E-state index contributed by atoms with van der Waals surface area (Å²) in [6.45, 7) is -0.0787. The van der Waals surface area contributed by atoms with Gasteiger partial charge in [0.05, 0.1) is 0 Å². The van der Waals surface area contributed by atoms with Crippen molar-refractivity contribution in [3.8, 4) is 5.75 Å². The molecule has 0 bridgehead atoms. The van der Waals surface area contributed by atoms with Crippen molar-refractivity contribution in [3.63, 3.8) is 0 Å². The molecule has 0 saturated heterocycles. The molecule has 1 unspecified atom stereocenters. The molecule has 0 radical (unpaired) electrons. The molecular weight excluding hydrogens is 335 g/mol. The number of benzene rings is 2. The number of ether oxygens (including phenoxy) is 1. The van der Waals surface area contributed by atoms with Crippen LogP contribution in [0.4, 0.5) is 13.2 Å². The van der Waals surface area contributed by atoms with Crippen LogP contribution in [0.1, 0.15) is 6.42 Å². The molecule has 0 saturated carbocycles. The molecule has 0 amide bonds. The summed E-state index contributed by atoms with van der Waals surface area (Å²) in [4.78, 5) is 0. The molecule has 0 aromatic heterocycles. The predicted molar refractivity (Wildman–Crippen MR) is 75.8 cm³/mol. The molecule has 1 atom stereocenters. The molecule has 0 aliphatic rings. The highest BCUT2D eigenvalue weighted by atomic mass is 79.9. The van der Waals surface area contributed by atoms with Gasteiger partial charge in [-0.05, 0) is 41.6 Å². The minimum Gasteiger partial charge on any atom is -0.481 e. The van der Waals surface area contributed by atoms with Crippen LogP contribution in [0.5, 0.6) is 5.75 Å². The number of rotatable bonds is 4. The molecule has 6 heteroatoms. The molecule has 0 heterocycles. The standard InChI is InChI=1S/C14H13BrF3NO/c15-11-3-1-10-8-12(4-2-9(10)7-11)20-13(5-6-19)14(16,17)18/h1-4,7-8,13H,5-6,19H2. The second-order valence-electron chi connectivity index (χ2n) is 4.38. The third-order valence-corrected chi connectivity index (χ3v) is 3.34. The third kappa shape index (κ3) is 3.64. The van der Waals surface area contributed by atoms with E-state index >= 15 is 0 Å². The van der Waals surface area contributed by atoms with Gasteiger partial charge in [-0.15, -0.1) is 0 Å². The fourth-order valence-corrected chi connectivity index (χ4v) is 2.25. The quantitative estimate of drug-likeness (QED) is 0.896. The zero-order chi connectivity index (χ0) is 14.8. The van der Waals surface area contributed by atoms with Gasteiger partial charge < -0.3 is 10.5 Å². The maximum Gasteiger partial charge on any atom is 0.425 e. The fraction of sp³-hybridized carbons (Fsp3) is 0.286. The maximum atomic E-state index is 12.8. The Kier molecular flexibility index (Phi) is 4.55. The summed E-state index contributed by atoms with van der Waals surface area (Å²) in [5.74, 6) is 0.190. The second kappa shape index (κ2) is 6.01. The molecular formula is C14H13BrF3NO. The lowest BCUT2D eigenvalue weighted by atomic mass is 10.1. The first-order valence-corrected chi connectivity index (χ1v) is 6.82. The van der Waals surface area contributed by atoms with Gasteiger partial charge in [0.2, 0.25) is 0 Å². The lowest BCUT2D eigenvalue weighted by Gasteiger charge is -2.21. The van der Waals surface area contributed by atoms with Crippen LogP contribution in [-0.2, 0) is 0 Å². The van der Waals surface area contributed by atoms with E-state index in [-0.39, 0.29) is 18.7 Å². The summed E-state index contributed by atoms with van der Waals surface area (Å²) in [7, 11) is 0. The first-order chi connectivity index (χ1) is 9.40. The number of hydrogen-bond donors (Lipinski definition) is 1. The Morgan fingerprint density at radius 3 is 2.40 bits per heavy atom. The van der Waals surface area contributed by atoms with Gasteiger partial charge in [0.25, 0.3) is 0 Å². The third-order valence-electron chi connectivity index (χ3n) is 2.85. The molecule has 2 N–H and O–H groups in total. The summed E-state index contributed by atoms with van der Waals surface area (Å²) in [5.41, 5.74) is 5.20. The largest absolute Gasteiger partial charge is 0.481 e. The van der Waals surface area contributed by atoms with Crippen molar-refractivity contribution < 1.29 is 17.9 Å². The topological polar surface area (TPSA) is 35.2 Å². The minimum absolute atomic E-state index is 0.0787. The summed E-state index contributed by atoms with van der Waals surface area (Å²) in [5, 5.41) is 1.74. The van der Waals surface area contributed by atoms with Gasteiger partial charge in [-0.2, -0.15) is 13.2 Å². The monoisotopic (exact) mass is 347 g/mol. The molecule has 108 valence electrons. The highest BCUT2D eigenvalue weighted by Crippen LogP contribution is 2.29. The zero-order valence-electron chi connectivity index (χ0n) is 10.5. The van der Waals surface area contributed by atoms with Crippen LogP contribution in [0.3, 0.4) is 0 Å². The number of halogens is 4. The van der Waals surface area contributed by atoms with Gasteiger partial charge >= 0.3 is 6.18 Å². The Balaban J connectivity index is 2.26. The molecule has 2 aromatic carbocycles. The van der Waals surface area contributed by atoms with E-state index in [1.165, 1.54) is 6.07 Å². The van der Waals surface area contributed by atoms with Gasteiger partial charge in [0, 0.05) is 10.9 Å². The Labute approximate surface area is 122 Å². The van der Waals surface area contributed by atoms with Gasteiger partial charge in [-0.1, -0.05) is 28.1 Å². The maximum absolute atomic E-state index is 12.8. The van der Waals surface area contributed by atoms with E-state index in [0.717, 1.165) is 15.2 Å². The van der Waals surface area contributed by atoms with Crippen molar-refractivity contribution in [2.24, 2.45) is 5.73 Å². The van der Waals surface area contributed by atoms with E-state index in [0.29, 0.717) is 0 Å². The average Bonchev–Trinajstić information content (AvgIpc) is 2.37. The van der Waals surface area contributed by atoms with E-state index in [1.54, 1.807) is 12.1 Å². The molecule has 2 rings (SSSR count). The molecule has 0 aliphatic carbocycles. The molecule has 0 spiro atoms. The summed E-state index contributed by atoms with van der Waals surface area (Å²) in [6, 6.07) is 10.4. The Morgan fingerprint density at radius 1 is 1.10 bits per heavy atom. The molecule has 2 nitrogen and oxygen atoms in total. The lowest BCUT2D eigenvalue weighted by Crippen LogP contribution is -2.36. The molecule has 20 heavy (non-hydrogen) atoms. The number of alkyl halides is 3. The van der Waals surface area contributed by atoms with Crippen molar-refractivity contribution in [2.75, 3.05) is 6.54 Å². The molecule has 0 aliphatic heterocycles. The minimum atomic E-state index is -4.42. The van der Waals surface area contributed by atoms with Crippen molar-refractivity contribution in [2.45, 2.75) is 18.7 Å². The second-order valence-corrected chi connectivity index (χ2v) is 5.29. The van der Waals surface area contributed by atoms with E-state index in [9.17, 15) is 13.2 Å². The van der Waals surface area contributed by atoms with Crippen molar-refractivity contribution in [1.29, 1.82) is 0 Å². The van der Waals surface area contributed by atoms with Crippen LogP contribution in [-0.4, -0.2) is 18.8 Å². The van der Waals surface area contributed by atoms with E-state index in [1.807, 2.05) is 18.2 Å². The van der Waals surface area contributed by atoms with Crippen molar-refractivity contribution >= 4 is 26.7 Å². The van der Waals surface area contributed by atoms with E-state index in [2.05, 4.69) is 15.9 Å². The van der Waals surface area contributed by atoms with Crippen LogP contribution < -0.4 is 10.5 Å².